The smallest absolute Gasteiger partial charge is 0.340 e. The summed E-state index contributed by atoms with van der Waals surface area (Å²) in [6, 6.07) is 5.00. The van der Waals surface area contributed by atoms with Gasteiger partial charge < -0.3 is 19.9 Å². The number of nitrogens with two attached hydrogens (primary N) is 1. The van der Waals surface area contributed by atoms with Gasteiger partial charge >= 0.3 is 5.97 Å². The molecule has 106 valence electrons. The van der Waals surface area contributed by atoms with Crippen LogP contribution >= 0.6 is 0 Å². The highest BCUT2D eigenvalue weighted by molar-refractivity contribution is 5.96. The minimum atomic E-state index is -0.463. The van der Waals surface area contributed by atoms with Gasteiger partial charge in [0.25, 0.3) is 0 Å². The summed E-state index contributed by atoms with van der Waals surface area (Å²) in [6.07, 6.45) is 2.09. The lowest BCUT2D eigenvalue weighted by Crippen LogP contribution is -2.13. The first-order valence-electron chi connectivity index (χ1n) is 6.38. The molecule has 0 bridgehead atoms. The van der Waals surface area contributed by atoms with E-state index in [0.717, 1.165) is 12.8 Å². The molecule has 0 spiro atoms. The number of carbonyl (C=O) groups is 1. The van der Waals surface area contributed by atoms with Gasteiger partial charge in [0.1, 0.15) is 12.4 Å². The van der Waals surface area contributed by atoms with Crippen LogP contribution in [-0.2, 0) is 9.47 Å². The Bertz CT molecular complexity index is 406. The molecule has 0 aliphatic rings. The predicted molar refractivity (Wildman–Crippen MR) is 73.4 cm³/mol. The molecule has 5 heteroatoms. The summed E-state index contributed by atoms with van der Waals surface area (Å²) in [5.41, 5.74) is 6.41. The molecule has 1 aromatic rings. The molecule has 1 rings (SSSR count). The van der Waals surface area contributed by atoms with Gasteiger partial charge in [-0.3, -0.25) is 0 Å². The normalized spacial score (nSPS) is 10.2. The number of hydrogen-bond acceptors (Lipinski definition) is 5. The number of carbonyl (C=O) groups excluding carboxylic acids is 1. The van der Waals surface area contributed by atoms with Crippen molar-refractivity contribution in [3.63, 3.8) is 0 Å². The Balaban J connectivity index is 2.41. The van der Waals surface area contributed by atoms with E-state index in [1.165, 1.54) is 7.11 Å². The topological polar surface area (TPSA) is 70.8 Å². The number of nitrogen functional groups attached to an aromatic ring is 1. The van der Waals surface area contributed by atoms with Crippen molar-refractivity contribution < 1.29 is 19.0 Å². The third-order valence-electron chi connectivity index (χ3n) is 2.61. The quantitative estimate of drug-likeness (QED) is 0.444. The first kappa shape index (κ1) is 15.3. The number of anilines is 1. The number of hydrogen-bond donors (Lipinski definition) is 1. The van der Waals surface area contributed by atoms with Crippen LogP contribution in [0, 0.1) is 0 Å². The van der Waals surface area contributed by atoms with E-state index in [2.05, 4.69) is 6.92 Å². The summed E-state index contributed by atoms with van der Waals surface area (Å²) in [4.78, 5) is 11.8. The molecule has 0 aliphatic carbocycles. The van der Waals surface area contributed by atoms with E-state index < -0.39 is 5.97 Å². The number of esters is 1. The van der Waals surface area contributed by atoms with Crippen molar-refractivity contribution in [2.45, 2.75) is 19.8 Å². The average molecular weight is 267 g/mol. The lowest BCUT2D eigenvalue weighted by Gasteiger charge is -2.10. The Morgan fingerprint density at radius 3 is 2.74 bits per heavy atom. The highest BCUT2D eigenvalue weighted by atomic mass is 16.6. The second kappa shape index (κ2) is 8.37. The highest BCUT2D eigenvalue weighted by Crippen LogP contribution is 2.25. The van der Waals surface area contributed by atoms with Crippen molar-refractivity contribution >= 4 is 11.7 Å². The summed E-state index contributed by atoms with van der Waals surface area (Å²) >= 11 is 0. The largest absolute Gasteiger partial charge is 0.495 e. The minimum absolute atomic E-state index is 0.221. The van der Waals surface area contributed by atoms with Gasteiger partial charge in [-0.1, -0.05) is 19.4 Å². The first-order valence-corrected chi connectivity index (χ1v) is 6.38. The fraction of sp³-hybridized carbons (Fsp3) is 0.500. The van der Waals surface area contributed by atoms with Crippen molar-refractivity contribution in [1.82, 2.24) is 0 Å². The number of ether oxygens (including phenoxy) is 3. The molecule has 2 N–H and O–H groups in total. The second-order valence-corrected chi connectivity index (χ2v) is 4.02. The van der Waals surface area contributed by atoms with E-state index >= 15 is 0 Å². The van der Waals surface area contributed by atoms with Crippen molar-refractivity contribution in [3.8, 4) is 5.75 Å². The molecule has 1 aromatic carbocycles. The summed E-state index contributed by atoms with van der Waals surface area (Å²) in [5, 5.41) is 0. The molecule has 0 radical (unpaired) electrons. The first-order chi connectivity index (χ1) is 9.20. The summed E-state index contributed by atoms with van der Waals surface area (Å²) in [5.74, 6) is 0.00383. The summed E-state index contributed by atoms with van der Waals surface area (Å²) in [6.45, 7) is 3.40. The van der Waals surface area contributed by atoms with Crippen LogP contribution in [0.2, 0.25) is 0 Å². The maximum atomic E-state index is 11.8. The van der Waals surface area contributed by atoms with E-state index in [4.69, 9.17) is 19.9 Å². The molecule has 0 aliphatic heterocycles. The third kappa shape index (κ3) is 4.79. The SMILES string of the molecule is CCCCOCCOC(=O)c1cccc(OC)c1N. The van der Waals surface area contributed by atoms with E-state index in [1.807, 2.05) is 0 Å². The number of benzene rings is 1. The van der Waals surface area contributed by atoms with Crippen molar-refractivity contribution in [3.05, 3.63) is 23.8 Å². The number of unbranched alkanes of at least 4 members (excludes halogenated alkanes) is 1. The number of rotatable bonds is 8. The Morgan fingerprint density at radius 2 is 2.05 bits per heavy atom. The number of methoxy groups -OCH3 is 1. The highest BCUT2D eigenvalue weighted by Gasteiger charge is 2.13. The van der Waals surface area contributed by atoms with Gasteiger partial charge in [-0.2, -0.15) is 0 Å². The Kier molecular flexibility index (Phi) is 6.74. The maximum absolute atomic E-state index is 11.8. The molecule has 5 nitrogen and oxygen atoms in total. The van der Waals surface area contributed by atoms with Gasteiger partial charge in [-0.05, 0) is 18.6 Å². The van der Waals surface area contributed by atoms with Crippen LogP contribution in [0.5, 0.6) is 5.75 Å². The second-order valence-electron chi connectivity index (χ2n) is 4.02. The zero-order valence-electron chi connectivity index (χ0n) is 11.5. The lowest BCUT2D eigenvalue weighted by atomic mass is 10.1. The zero-order valence-corrected chi connectivity index (χ0v) is 11.5. The van der Waals surface area contributed by atoms with Gasteiger partial charge in [-0.25, -0.2) is 4.79 Å². The van der Waals surface area contributed by atoms with Crippen LogP contribution in [0.1, 0.15) is 30.1 Å². The lowest BCUT2D eigenvalue weighted by molar-refractivity contribution is 0.0314. The summed E-state index contributed by atoms with van der Waals surface area (Å²) in [7, 11) is 1.50. The van der Waals surface area contributed by atoms with Gasteiger partial charge in [0.05, 0.1) is 25.0 Å². The zero-order chi connectivity index (χ0) is 14.1. The third-order valence-corrected chi connectivity index (χ3v) is 2.61. The van der Waals surface area contributed by atoms with Crippen LogP contribution in [0.15, 0.2) is 18.2 Å². The Hall–Kier alpha value is -1.75. The molecule has 0 fully saturated rings. The Labute approximate surface area is 113 Å². The van der Waals surface area contributed by atoms with Crippen molar-refractivity contribution in [1.29, 1.82) is 0 Å². The predicted octanol–water partition coefficient (Wildman–Crippen LogP) is 2.25. The number of para-hydroxylation sites is 1. The van der Waals surface area contributed by atoms with Crippen LogP contribution in [-0.4, -0.2) is 32.9 Å². The van der Waals surface area contributed by atoms with E-state index in [0.29, 0.717) is 30.2 Å². The van der Waals surface area contributed by atoms with Crippen LogP contribution in [0.25, 0.3) is 0 Å². The van der Waals surface area contributed by atoms with E-state index in [1.54, 1.807) is 18.2 Å². The molecule has 0 amide bonds. The fourth-order valence-electron chi connectivity index (χ4n) is 1.52. The fourth-order valence-corrected chi connectivity index (χ4v) is 1.52. The molecular formula is C14H21NO4. The molecule has 0 atom stereocenters. The van der Waals surface area contributed by atoms with Crippen LogP contribution in [0.4, 0.5) is 5.69 Å². The Morgan fingerprint density at radius 1 is 1.26 bits per heavy atom. The van der Waals surface area contributed by atoms with E-state index in [9.17, 15) is 4.79 Å². The van der Waals surface area contributed by atoms with Crippen molar-refractivity contribution in [2.75, 3.05) is 32.7 Å². The van der Waals surface area contributed by atoms with E-state index in [-0.39, 0.29) is 6.61 Å². The molecule has 0 saturated carbocycles. The monoisotopic (exact) mass is 267 g/mol. The summed E-state index contributed by atoms with van der Waals surface area (Å²) < 4.78 is 15.4. The van der Waals surface area contributed by atoms with Gasteiger partial charge in [0.15, 0.2) is 0 Å². The molecule has 0 saturated heterocycles. The maximum Gasteiger partial charge on any atom is 0.340 e. The molecule has 0 unspecified atom stereocenters. The van der Waals surface area contributed by atoms with Crippen molar-refractivity contribution in [2.24, 2.45) is 0 Å². The van der Waals surface area contributed by atoms with Gasteiger partial charge in [0.2, 0.25) is 0 Å². The molecule has 19 heavy (non-hydrogen) atoms. The molecule has 0 heterocycles. The van der Waals surface area contributed by atoms with Gasteiger partial charge in [-0.15, -0.1) is 0 Å². The minimum Gasteiger partial charge on any atom is -0.495 e. The average Bonchev–Trinajstić information content (AvgIpc) is 2.42. The van der Waals surface area contributed by atoms with Crippen LogP contribution < -0.4 is 10.5 Å². The molecule has 0 aromatic heterocycles. The van der Waals surface area contributed by atoms with Crippen LogP contribution in [0.3, 0.4) is 0 Å². The van der Waals surface area contributed by atoms with Gasteiger partial charge in [0, 0.05) is 6.61 Å². The molecular weight excluding hydrogens is 246 g/mol. The standard InChI is InChI=1S/C14H21NO4/c1-3-4-8-18-9-10-19-14(16)11-6-5-7-12(17-2)13(11)15/h5-7H,3-4,8-10,15H2,1-2H3.